The molecule has 1 aliphatic rings. The Labute approximate surface area is 160 Å². The van der Waals surface area contributed by atoms with Gasteiger partial charge in [-0.05, 0) is 51.3 Å². The van der Waals surface area contributed by atoms with E-state index in [1.807, 2.05) is 6.92 Å². The van der Waals surface area contributed by atoms with Crippen LogP contribution >= 0.6 is 11.3 Å². The zero-order chi connectivity index (χ0) is 19.8. The third-order valence-corrected chi connectivity index (χ3v) is 5.61. The average molecular weight is 391 g/mol. The topological polar surface area (TPSA) is 101 Å². The fourth-order valence-corrected chi connectivity index (χ4v) is 4.04. The van der Waals surface area contributed by atoms with Gasteiger partial charge in [-0.15, -0.1) is 0 Å². The Hall–Kier alpha value is -2.55. The lowest BCUT2D eigenvalue weighted by atomic mass is 10.0. The second-order valence-corrected chi connectivity index (χ2v) is 8.02. The molecule has 0 aromatic carbocycles. The Kier molecular flexibility index (Phi) is 5.14. The van der Waals surface area contributed by atoms with E-state index in [-0.39, 0.29) is 0 Å². The molecule has 1 atom stereocenters. The van der Waals surface area contributed by atoms with Crippen LogP contribution in [0.3, 0.4) is 0 Å². The monoisotopic (exact) mass is 391 g/mol. The Morgan fingerprint density at radius 1 is 1.44 bits per heavy atom. The van der Waals surface area contributed by atoms with E-state index in [1.54, 1.807) is 18.3 Å². The van der Waals surface area contributed by atoms with Gasteiger partial charge in [-0.2, -0.15) is 0 Å². The van der Waals surface area contributed by atoms with Gasteiger partial charge < -0.3 is 10.6 Å². The summed E-state index contributed by atoms with van der Waals surface area (Å²) in [6, 6.07) is 2.50. The zero-order valence-electron chi connectivity index (χ0n) is 15.5. The molecule has 0 spiro atoms. The predicted molar refractivity (Wildman–Crippen MR) is 102 cm³/mol. The first kappa shape index (κ1) is 19.2. The van der Waals surface area contributed by atoms with Crippen LogP contribution in [-0.2, 0) is 10.5 Å². The molecule has 1 saturated heterocycles. The lowest BCUT2D eigenvalue weighted by Crippen LogP contribution is -2.45. The lowest BCUT2D eigenvalue weighted by Gasteiger charge is -2.21. The van der Waals surface area contributed by atoms with Crippen LogP contribution in [0.25, 0.3) is 10.4 Å². The molecular weight excluding hydrogens is 369 g/mol. The van der Waals surface area contributed by atoms with E-state index in [2.05, 4.69) is 15.3 Å². The first-order valence-electron chi connectivity index (χ1n) is 8.67. The van der Waals surface area contributed by atoms with Crippen molar-refractivity contribution in [2.24, 2.45) is 5.73 Å². The maximum atomic E-state index is 14.2. The number of nitrogens with two attached hydrogens (primary N) is 1. The molecule has 3 amide bonds. The number of nitrogens with one attached hydrogen (secondary N) is 1. The Morgan fingerprint density at radius 2 is 2.19 bits per heavy atom. The van der Waals surface area contributed by atoms with Crippen molar-refractivity contribution < 1.29 is 14.0 Å². The molecule has 9 heteroatoms. The second kappa shape index (κ2) is 7.22. The van der Waals surface area contributed by atoms with Crippen molar-refractivity contribution in [2.45, 2.75) is 45.3 Å². The molecule has 0 unspecified atom stereocenters. The van der Waals surface area contributed by atoms with Gasteiger partial charge in [-0.3, -0.25) is 15.1 Å². The molecule has 0 saturated carbocycles. The molecule has 0 bridgehead atoms. The quantitative estimate of drug-likeness (QED) is 0.836. The number of halogens is 1. The summed E-state index contributed by atoms with van der Waals surface area (Å²) in [5, 5.41) is 3.16. The minimum atomic E-state index is -1.55. The fraction of sp³-hybridized carbons (Fsp3) is 0.444. The maximum Gasteiger partial charge on any atom is 0.324 e. The van der Waals surface area contributed by atoms with E-state index >= 15 is 0 Å². The van der Waals surface area contributed by atoms with E-state index in [4.69, 9.17) is 5.73 Å². The molecule has 1 fully saturated rings. The minimum absolute atomic E-state index is 0.333. The number of hydrogen-bond donors (Lipinski definition) is 2. The summed E-state index contributed by atoms with van der Waals surface area (Å²) in [5.41, 5.74) is 5.65. The largest absolute Gasteiger partial charge is 0.368 e. The average Bonchev–Trinajstić information content (AvgIpc) is 3.21. The molecule has 27 heavy (non-hydrogen) atoms. The van der Waals surface area contributed by atoms with E-state index in [0.717, 1.165) is 22.6 Å². The number of primary amides is 1. The lowest BCUT2D eigenvalue weighted by molar-refractivity contribution is -0.121. The summed E-state index contributed by atoms with van der Waals surface area (Å²) in [6.07, 6.45) is 2.87. The molecule has 3 rings (SSSR count). The van der Waals surface area contributed by atoms with Crippen molar-refractivity contribution in [3.05, 3.63) is 29.7 Å². The number of thiazole rings is 1. The first-order valence-corrected chi connectivity index (χ1v) is 9.48. The number of aryl methyl sites for hydroxylation is 1. The molecule has 3 N–H and O–H groups in total. The third kappa shape index (κ3) is 4.08. The molecule has 7 nitrogen and oxygen atoms in total. The first-order chi connectivity index (χ1) is 12.7. The van der Waals surface area contributed by atoms with Gasteiger partial charge in [0, 0.05) is 12.7 Å². The summed E-state index contributed by atoms with van der Waals surface area (Å²) < 4.78 is 14.2. The van der Waals surface area contributed by atoms with Crippen molar-refractivity contribution >= 4 is 28.4 Å². The van der Waals surface area contributed by atoms with Gasteiger partial charge in [0.05, 0.1) is 16.3 Å². The maximum absolute atomic E-state index is 14.2. The number of anilines is 1. The summed E-state index contributed by atoms with van der Waals surface area (Å²) >= 11 is 1.29. The van der Waals surface area contributed by atoms with Crippen LogP contribution in [0.15, 0.2) is 18.3 Å². The Morgan fingerprint density at radius 3 is 2.85 bits per heavy atom. The van der Waals surface area contributed by atoms with Crippen molar-refractivity contribution in [1.82, 2.24) is 14.9 Å². The van der Waals surface area contributed by atoms with Gasteiger partial charge in [0.2, 0.25) is 5.91 Å². The predicted octanol–water partition coefficient (Wildman–Crippen LogP) is 3.20. The fourth-order valence-electron chi connectivity index (χ4n) is 3.08. The van der Waals surface area contributed by atoms with E-state index < -0.39 is 23.6 Å². The number of urea groups is 1. The molecule has 1 aliphatic heterocycles. The number of alkyl halides is 1. The normalized spacial score (nSPS) is 17.2. The van der Waals surface area contributed by atoms with Gasteiger partial charge in [-0.25, -0.2) is 14.2 Å². The van der Waals surface area contributed by atoms with E-state index in [9.17, 15) is 14.0 Å². The standard InChI is InChI=1S/C18H22FN5O2S/c1-10-14(11-6-7-21-13(9-11)18(2,3)19)27-16(22-10)23-17(26)24-8-4-5-12(24)15(20)25/h6-7,9,12H,4-5,8H2,1-3H3,(H2,20,25)(H,22,23,26)/t12-/m0/s1. The molecule has 3 heterocycles. The van der Waals surface area contributed by atoms with Gasteiger partial charge in [0.1, 0.15) is 11.7 Å². The highest BCUT2D eigenvalue weighted by atomic mass is 32.1. The molecule has 2 aromatic heterocycles. The van der Waals surface area contributed by atoms with E-state index in [1.165, 1.54) is 30.1 Å². The summed E-state index contributed by atoms with van der Waals surface area (Å²) in [5.74, 6) is -0.503. The van der Waals surface area contributed by atoms with Crippen molar-refractivity contribution in [3.8, 4) is 10.4 Å². The van der Waals surface area contributed by atoms with Crippen molar-refractivity contribution in [1.29, 1.82) is 0 Å². The van der Waals surface area contributed by atoms with Crippen LogP contribution in [0.2, 0.25) is 0 Å². The molecule has 2 aromatic rings. The molecule has 0 radical (unpaired) electrons. The van der Waals surface area contributed by atoms with Crippen LogP contribution in [0.4, 0.5) is 14.3 Å². The number of hydrogen-bond acceptors (Lipinski definition) is 5. The number of carbonyl (C=O) groups is 2. The Bertz CT molecular complexity index is 877. The highest BCUT2D eigenvalue weighted by Gasteiger charge is 2.33. The summed E-state index contributed by atoms with van der Waals surface area (Å²) in [4.78, 5) is 34.7. The zero-order valence-corrected chi connectivity index (χ0v) is 16.3. The van der Waals surface area contributed by atoms with Gasteiger partial charge in [0.25, 0.3) is 0 Å². The van der Waals surface area contributed by atoms with Gasteiger partial charge in [0.15, 0.2) is 5.13 Å². The number of aromatic nitrogens is 2. The van der Waals surface area contributed by atoms with Gasteiger partial charge >= 0.3 is 6.03 Å². The number of pyridine rings is 1. The number of amides is 3. The van der Waals surface area contributed by atoms with Crippen LogP contribution in [0.5, 0.6) is 0 Å². The van der Waals surface area contributed by atoms with Crippen molar-refractivity contribution in [2.75, 3.05) is 11.9 Å². The highest BCUT2D eigenvalue weighted by molar-refractivity contribution is 7.19. The molecule has 144 valence electrons. The second-order valence-electron chi connectivity index (χ2n) is 7.02. The highest BCUT2D eigenvalue weighted by Crippen LogP contribution is 2.35. The van der Waals surface area contributed by atoms with Gasteiger partial charge in [-0.1, -0.05) is 11.3 Å². The van der Waals surface area contributed by atoms with Crippen molar-refractivity contribution in [3.63, 3.8) is 0 Å². The number of carbonyl (C=O) groups excluding carboxylic acids is 2. The van der Waals surface area contributed by atoms with Crippen LogP contribution in [-0.4, -0.2) is 39.4 Å². The molecular formula is C18H22FN5O2S. The Balaban J connectivity index is 1.81. The molecule has 0 aliphatic carbocycles. The van der Waals surface area contributed by atoms with E-state index in [0.29, 0.717) is 23.8 Å². The summed E-state index contributed by atoms with van der Waals surface area (Å²) in [7, 11) is 0. The van der Waals surface area contributed by atoms with Crippen LogP contribution < -0.4 is 11.1 Å². The summed E-state index contributed by atoms with van der Waals surface area (Å²) in [6.45, 7) is 5.21. The van der Waals surface area contributed by atoms with Crippen LogP contribution in [0.1, 0.15) is 38.1 Å². The van der Waals surface area contributed by atoms with Crippen LogP contribution in [0, 0.1) is 6.92 Å². The number of nitrogens with zero attached hydrogens (tertiary/aromatic N) is 3. The minimum Gasteiger partial charge on any atom is -0.368 e. The third-order valence-electron chi connectivity index (χ3n) is 4.48. The SMILES string of the molecule is Cc1nc(NC(=O)N2CCC[C@H]2C(N)=O)sc1-c1ccnc(C(C)(C)F)c1. The number of likely N-dealkylation sites (tertiary alicyclic amines) is 1. The smallest absolute Gasteiger partial charge is 0.324 e. The number of rotatable bonds is 4.